The molecule has 1 aromatic rings. The van der Waals surface area contributed by atoms with Crippen LogP contribution in [0.2, 0.25) is 0 Å². The molecule has 0 aliphatic carbocycles. The summed E-state index contributed by atoms with van der Waals surface area (Å²) in [6.45, 7) is 8.07. The van der Waals surface area contributed by atoms with Crippen molar-refractivity contribution in [3.05, 3.63) is 17.0 Å². The maximum absolute atomic E-state index is 12.2. The van der Waals surface area contributed by atoms with Crippen LogP contribution in [-0.2, 0) is 11.3 Å². The number of aromatic nitrogens is 2. The number of carboxylic acids is 1. The summed E-state index contributed by atoms with van der Waals surface area (Å²) in [4.78, 5) is 23.2. The molecular formula is C13H21N3O3. The molecule has 1 unspecified atom stereocenters. The second kappa shape index (κ2) is 6.36. The summed E-state index contributed by atoms with van der Waals surface area (Å²) in [7, 11) is 0. The molecule has 106 valence electrons. The fraction of sp³-hybridized carbons (Fsp3) is 0.615. The number of carbonyl (C=O) groups excluding carboxylic acids is 1. The predicted octanol–water partition coefficient (Wildman–Crippen LogP) is 1.50. The van der Waals surface area contributed by atoms with Crippen LogP contribution >= 0.6 is 0 Å². The van der Waals surface area contributed by atoms with Crippen LogP contribution in [0.4, 0.5) is 0 Å². The summed E-state index contributed by atoms with van der Waals surface area (Å²) in [6, 6.07) is -0.846. The number of hydrogen-bond acceptors (Lipinski definition) is 3. The van der Waals surface area contributed by atoms with Gasteiger partial charge in [0.2, 0.25) is 0 Å². The Morgan fingerprint density at radius 3 is 2.42 bits per heavy atom. The van der Waals surface area contributed by atoms with E-state index < -0.39 is 12.0 Å². The first-order valence-electron chi connectivity index (χ1n) is 6.50. The molecule has 6 nitrogen and oxygen atoms in total. The van der Waals surface area contributed by atoms with E-state index in [-0.39, 0.29) is 5.91 Å². The van der Waals surface area contributed by atoms with Gasteiger partial charge in [-0.05, 0) is 27.2 Å². The number of amides is 1. The molecule has 1 amide bonds. The van der Waals surface area contributed by atoms with Crippen LogP contribution in [0.3, 0.4) is 0 Å². The average Bonchev–Trinajstić information content (AvgIpc) is 2.63. The van der Waals surface area contributed by atoms with Crippen molar-refractivity contribution in [2.75, 3.05) is 0 Å². The number of nitrogens with zero attached hydrogens (tertiary/aromatic N) is 2. The highest BCUT2D eigenvalue weighted by molar-refractivity contribution is 5.98. The van der Waals surface area contributed by atoms with E-state index in [1.54, 1.807) is 11.6 Å². The van der Waals surface area contributed by atoms with Crippen molar-refractivity contribution in [3.8, 4) is 0 Å². The molecule has 1 heterocycles. The molecule has 0 aliphatic rings. The molecule has 1 rings (SSSR count). The quantitative estimate of drug-likeness (QED) is 0.818. The molecule has 2 N–H and O–H groups in total. The van der Waals surface area contributed by atoms with E-state index in [1.165, 1.54) is 0 Å². The number of carbonyl (C=O) groups is 2. The standard InChI is InChI=1S/C13H21N3O3/c1-5-7-10(13(18)19)14-12(17)11-8(3)15-16(6-2)9(11)4/h10H,5-7H2,1-4H3,(H,14,17)(H,18,19). The summed E-state index contributed by atoms with van der Waals surface area (Å²) < 4.78 is 1.74. The summed E-state index contributed by atoms with van der Waals surface area (Å²) >= 11 is 0. The molecule has 0 saturated heterocycles. The number of hydrogen-bond donors (Lipinski definition) is 2. The monoisotopic (exact) mass is 267 g/mol. The minimum absolute atomic E-state index is 0.365. The Morgan fingerprint density at radius 2 is 2.00 bits per heavy atom. The minimum atomic E-state index is -1.01. The fourth-order valence-corrected chi connectivity index (χ4v) is 2.11. The number of aryl methyl sites for hydroxylation is 2. The van der Waals surface area contributed by atoms with Crippen molar-refractivity contribution in [2.45, 2.75) is 53.1 Å². The van der Waals surface area contributed by atoms with Crippen LogP contribution < -0.4 is 5.32 Å². The molecule has 1 atom stereocenters. The van der Waals surface area contributed by atoms with E-state index in [0.29, 0.717) is 30.6 Å². The molecule has 0 aliphatic heterocycles. The van der Waals surface area contributed by atoms with Gasteiger partial charge in [-0.1, -0.05) is 13.3 Å². The van der Waals surface area contributed by atoms with Crippen molar-refractivity contribution >= 4 is 11.9 Å². The Hall–Kier alpha value is -1.85. The Kier molecular flexibility index (Phi) is 5.09. The summed E-state index contributed by atoms with van der Waals surface area (Å²) in [6.07, 6.45) is 1.12. The largest absolute Gasteiger partial charge is 0.480 e. The van der Waals surface area contributed by atoms with Gasteiger partial charge in [-0.3, -0.25) is 9.48 Å². The van der Waals surface area contributed by atoms with Crippen LogP contribution in [0.5, 0.6) is 0 Å². The third-order valence-corrected chi connectivity index (χ3v) is 3.09. The minimum Gasteiger partial charge on any atom is -0.480 e. The topological polar surface area (TPSA) is 84.2 Å². The lowest BCUT2D eigenvalue weighted by Gasteiger charge is -2.13. The third-order valence-electron chi connectivity index (χ3n) is 3.09. The van der Waals surface area contributed by atoms with Gasteiger partial charge in [0, 0.05) is 12.2 Å². The molecule has 6 heteroatoms. The lowest BCUT2D eigenvalue weighted by molar-refractivity contribution is -0.139. The number of carboxylic acid groups (broad SMARTS) is 1. The summed E-state index contributed by atoms with van der Waals surface area (Å²) in [5.41, 5.74) is 1.86. The van der Waals surface area contributed by atoms with E-state index in [1.807, 2.05) is 20.8 Å². The van der Waals surface area contributed by atoms with Gasteiger partial charge in [-0.25, -0.2) is 4.79 Å². The summed E-state index contributed by atoms with van der Waals surface area (Å²) in [5.74, 6) is -1.37. The molecular weight excluding hydrogens is 246 g/mol. The maximum Gasteiger partial charge on any atom is 0.326 e. The molecule has 0 spiro atoms. The first kappa shape index (κ1) is 15.2. The second-order valence-electron chi connectivity index (χ2n) is 4.51. The number of aliphatic carboxylic acids is 1. The van der Waals surface area contributed by atoms with Gasteiger partial charge in [0.1, 0.15) is 6.04 Å². The summed E-state index contributed by atoms with van der Waals surface area (Å²) in [5, 5.41) is 15.9. The van der Waals surface area contributed by atoms with Gasteiger partial charge in [-0.2, -0.15) is 5.10 Å². The fourth-order valence-electron chi connectivity index (χ4n) is 2.11. The van der Waals surface area contributed by atoms with Crippen molar-refractivity contribution in [3.63, 3.8) is 0 Å². The lowest BCUT2D eigenvalue weighted by Crippen LogP contribution is -2.41. The van der Waals surface area contributed by atoms with E-state index in [9.17, 15) is 9.59 Å². The van der Waals surface area contributed by atoms with Crippen molar-refractivity contribution in [2.24, 2.45) is 0 Å². The highest BCUT2D eigenvalue weighted by Gasteiger charge is 2.23. The van der Waals surface area contributed by atoms with Gasteiger partial charge >= 0.3 is 5.97 Å². The molecule has 0 bridgehead atoms. The van der Waals surface area contributed by atoms with E-state index in [4.69, 9.17) is 5.11 Å². The Labute approximate surface area is 112 Å². The molecule has 0 aromatic carbocycles. The SMILES string of the molecule is CCCC(NC(=O)c1c(C)nn(CC)c1C)C(=O)O. The predicted molar refractivity (Wildman–Crippen MR) is 71.2 cm³/mol. The first-order valence-corrected chi connectivity index (χ1v) is 6.50. The zero-order valence-electron chi connectivity index (χ0n) is 11.9. The van der Waals surface area contributed by atoms with Gasteiger partial charge in [0.05, 0.1) is 11.3 Å². The van der Waals surface area contributed by atoms with E-state index >= 15 is 0 Å². The van der Waals surface area contributed by atoms with Gasteiger partial charge in [0.15, 0.2) is 0 Å². The zero-order chi connectivity index (χ0) is 14.6. The van der Waals surface area contributed by atoms with Crippen LogP contribution in [-0.4, -0.2) is 32.8 Å². The van der Waals surface area contributed by atoms with Crippen molar-refractivity contribution < 1.29 is 14.7 Å². The number of rotatable bonds is 6. The zero-order valence-corrected chi connectivity index (χ0v) is 11.9. The normalized spacial score (nSPS) is 12.2. The van der Waals surface area contributed by atoms with E-state index in [2.05, 4.69) is 10.4 Å². The Bertz CT molecular complexity index is 480. The third kappa shape index (κ3) is 3.33. The smallest absolute Gasteiger partial charge is 0.326 e. The highest BCUT2D eigenvalue weighted by Crippen LogP contribution is 2.13. The maximum atomic E-state index is 12.2. The molecule has 19 heavy (non-hydrogen) atoms. The van der Waals surface area contributed by atoms with Crippen LogP contribution in [0, 0.1) is 13.8 Å². The molecule has 0 radical (unpaired) electrons. The van der Waals surface area contributed by atoms with Crippen LogP contribution in [0.25, 0.3) is 0 Å². The van der Waals surface area contributed by atoms with Crippen molar-refractivity contribution in [1.29, 1.82) is 0 Å². The molecule has 0 saturated carbocycles. The number of nitrogens with one attached hydrogen (secondary N) is 1. The van der Waals surface area contributed by atoms with Gasteiger partial charge in [0.25, 0.3) is 5.91 Å². The average molecular weight is 267 g/mol. The van der Waals surface area contributed by atoms with Crippen LogP contribution in [0.15, 0.2) is 0 Å². The van der Waals surface area contributed by atoms with Gasteiger partial charge in [-0.15, -0.1) is 0 Å². The molecule has 0 fully saturated rings. The van der Waals surface area contributed by atoms with Crippen LogP contribution in [0.1, 0.15) is 48.4 Å². The highest BCUT2D eigenvalue weighted by atomic mass is 16.4. The van der Waals surface area contributed by atoms with Crippen molar-refractivity contribution in [1.82, 2.24) is 15.1 Å². The Balaban J connectivity index is 2.94. The Morgan fingerprint density at radius 1 is 1.37 bits per heavy atom. The van der Waals surface area contributed by atoms with Gasteiger partial charge < -0.3 is 10.4 Å². The lowest BCUT2D eigenvalue weighted by atomic mass is 10.1. The van der Waals surface area contributed by atoms with E-state index in [0.717, 1.165) is 5.69 Å². The first-order chi connectivity index (χ1) is 8.92. The molecule has 1 aromatic heterocycles. The second-order valence-corrected chi connectivity index (χ2v) is 4.51.